The average Bonchev–Trinajstić information content (AvgIpc) is 2.74. The first-order valence-electron chi connectivity index (χ1n) is 5.27. The molecule has 3 nitrogen and oxygen atoms in total. The lowest BCUT2D eigenvalue weighted by atomic mass is 10.2. The Bertz CT molecular complexity index is 739. The summed E-state index contributed by atoms with van der Waals surface area (Å²) in [7, 11) is 0. The number of aromatic amines is 1. The molecule has 3 rings (SSSR count). The largest absolute Gasteiger partial charge is 0.508 e. The molecule has 2 aromatic carbocycles. The molecule has 0 unspecified atom stereocenters. The zero-order chi connectivity index (χ0) is 12.7. The van der Waals surface area contributed by atoms with Crippen molar-refractivity contribution in [1.82, 2.24) is 9.97 Å². The second-order valence-corrected chi connectivity index (χ2v) is 4.83. The van der Waals surface area contributed by atoms with Crippen LogP contribution in [0.25, 0.3) is 22.4 Å². The first-order valence-corrected chi connectivity index (χ1v) is 6.07. The smallest absolute Gasteiger partial charge is 0.141 e. The van der Waals surface area contributed by atoms with Gasteiger partial charge < -0.3 is 10.1 Å². The molecule has 90 valence electrons. The predicted octanol–water partition coefficient (Wildman–Crippen LogP) is 3.84. The number of fused-ring (bicyclic) bond motifs is 1. The maximum absolute atomic E-state index is 13.7. The summed E-state index contributed by atoms with van der Waals surface area (Å²) < 4.78 is 14.5. The van der Waals surface area contributed by atoms with E-state index in [0.29, 0.717) is 22.4 Å². The Morgan fingerprint density at radius 3 is 2.83 bits per heavy atom. The van der Waals surface area contributed by atoms with Crippen molar-refractivity contribution in [3.63, 3.8) is 0 Å². The number of hydrogen-bond acceptors (Lipinski definition) is 2. The number of H-pyrrole nitrogens is 1. The van der Waals surface area contributed by atoms with Gasteiger partial charge in [-0.15, -0.1) is 0 Å². The standard InChI is InChI=1S/C13H8BrFN2O/c14-7-1-3-10(15)9(5-7)13-16-11-4-2-8(18)6-12(11)17-13/h1-6,18H,(H,16,17). The molecule has 0 saturated heterocycles. The number of halogens is 2. The minimum absolute atomic E-state index is 0.146. The molecule has 5 heteroatoms. The van der Waals surface area contributed by atoms with E-state index in [1.807, 2.05) is 0 Å². The minimum atomic E-state index is -0.346. The molecule has 0 amide bonds. The second kappa shape index (κ2) is 4.10. The SMILES string of the molecule is Oc1ccc2nc(-c3cc(Br)ccc3F)[nH]c2c1. The summed E-state index contributed by atoms with van der Waals surface area (Å²) in [6.45, 7) is 0. The molecule has 3 aromatic rings. The van der Waals surface area contributed by atoms with E-state index >= 15 is 0 Å². The molecule has 0 atom stereocenters. The van der Waals surface area contributed by atoms with Crippen LogP contribution in [0.2, 0.25) is 0 Å². The van der Waals surface area contributed by atoms with Crippen LogP contribution in [-0.4, -0.2) is 15.1 Å². The van der Waals surface area contributed by atoms with Gasteiger partial charge in [-0.25, -0.2) is 9.37 Å². The van der Waals surface area contributed by atoms with E-state index in [1.54, 1.807) is 30.3 Å². The normalized spacial score (nSPS) is 11.0. The van der Waals surface area contributed by atoms with Crippen molar-refractivity contribution >= 4 is 27.0 Å². The van der Waals surface area contributed by atoms with Gasteiger partial charge in [0.05, 0.1) is 16.6 Å². The van der Waals surface area contributed by atoms with Crippen LogP contribution in [0, 0.1) is 5.82 Å². The lowest BCUT2D eigenvalue weighted by Crippen LogP contribution is -1.86. The highest BCUT2D eigenvalue weighted by Crippen LogP contribution is 2.27. The Balaban J connectivity index is 2.22. The van der Waals surface area contributed by atoms with Gasteiger partial charge in [0.1, 0.15) is 17.4 Å². The van der Waals surface area contributed by atoms with E-state index in [2.05, 4.69) is 25.9 Å². The van der Waals surface area contributed by atoms with E-state index in [4.69, 9.17) is 0 Å². The molecule has 0 spiro atoms. The second-order valence-electron chi connectivity index (χ2n) is 3.91. The lowest BCUT2D eigenvalue weighted by Gasteiger charge is -1.99. The van der Waals surface area contributed by atoms with Crippen LogP contribution in [0.4, 0.5) is 4.39 Å². The fraction of sp³-hybridized carbons (Fsp3) is 0. The molecule has 0 aliphatic rings. The van der Waals surface area contributed by atoms with Gasteiger partial charge in [-0.1, -0.05) is 15.9 Å². The fourth-order valence-electron chi connectivity index (χ4n) is 1.80. The van der Waals surface area contributed by atoms with Gasteiger partial charge in [-0.3, -0.25) is 0 Å². The Labute approximate surface area is 110 Å². The minimum Gasteiger partial charge on any atom is -0.508 e. The quantitative estimate of drug-likeness (QED) is 0.717. The first-order chi connectivity index (χ1) is 8.63. The van der Waals surface area contributed by atoms with Gasteiger partial charge >= 0.3 is 0 Å². The fourth-order valence-corrected chi connectivity index (χ4v) is 2.17. The summed E-state index contributed by atoms with van der Waals surface area (Å²) in [4.78, 5) is 7.29. The van der Waals surface area contributed by atoms with E-state index in [1.165, 1.54) is 6.07 Å². The molecule has 1 heterocycles. The Kier molecular flexibility index (Phi) is 2.56. The van der Waals surface area contributed by atoms with E-state index in [-0.39, 0.29) is 11.6 Å². The Hall–Kier alpha value is -1.88. The van der Waals surface area contributed by atoms with Crippen LogP contribution in [0.5, 0.6) is 5.75 Å². The average molecular weight is 307 g/mol. The molecule has 0 fully saturated rings. The molecule has 0 bridgehead atoms. The summed E-state index contributed by atoms with van der Waals surface area (Å²) >= 11 is 3.30. The number of benzene rings is 2. The maximum atomic E-state index is 13.7. The van der Waals surface area contributed by atoms with Gasteiger partial charge in [0.25, 0.3) is 0 Å². The molecular formula is C13H8BrFN2O. The van der Waals surface area contributed by atoms with Crippen LogP contribution in [0.3, 0.4) is 0 Å². The van der Waals surface area contributed by atoms with Crippen molar-refractivity contribution < 1.29 is 9.50 Å². The van der Waals surface area contributed by atoms with Crippen molar-refractivity contribution in [2.75, 3.05) is 0 Å². The number of nitrogens with zero attached hydrogens (tertiary/aromatic N) is 1. The molecule has 0 aliphatic heterocycles. The number of phenols is 1. The number of rotatable bonds is 1. The van der Waals surface area contributed by atoms with E-state index in [9.17, 15) is 9.50 Å². The van der Waals surface area contributed by atoms with Crippen molar-refractivity contribution in [3.8, 4) is 17.1 Å². The first kappa shape index (κ1) is 11.2. The predicted molar refractivity (Wildman–Crippen MR) is 70.9 cm³/mol. The number of nitrogens with one attached hydrogen (secondary N) is 1. The van der Waals surface area contributed by atoms with Crippen LogP contribution in [0.15, 0.2) is 40.9 Å². The summed E-state index contributed by atoms with van der Waals surface area (Å²) in [5.41, 5.74) is 1.74. The van der Waals surface area contributed by atoms with Gasteiger partial charge in [0, 0.05) is 10.5 Å². The third-order valence-corrected chi connectivity index (χ3v) is 3.14. The summed E-state index contributed by atoms with van der Waals surface area (Å²) in [5, 5.41) is 9.38. The van der Waals surface area contributed by atoms with Crippen LogP contribution in [-0.2, 0) is 0 Å². The van der Waals surface area contributed by atoms with Crippen molar-refractivity contribution in [2.45, 2.75) is 0 Å². The summed E-state index contributed by atoms with van der Waals surface area (Å²) in [6, 6.07) is 9.46. The molecule has 2 N–H and O–H groups in total. The van der Waals surface area contributed by atoms with Crippen molar-refractivity contribution in [1.29, 1.82) is 0 Å². The molecule has 18 heavy (non-hydrogen) atoms. The third-order valence-electron chi connectivity index (χ3n) is 2.65. The zero-order valence-corrected chi connectivity index (χ0v) is 10.7. The number of phenolic OH excluding ortho intramolecular Hbond substituents is 1. The maximum Gasteiger partial charge on any atom is 0.141 e. The van der Waals surface area contributed by atoms with Gasteiger partial charge in [-0.05, 0) is 30.3 Å². The van der Waals surface area contributed by atoms with Crippen LogP contribution in [0.1, 0.15) is 0 Å². The molecule has 0 saturated carbocycles. The number of aromatic hydroxyl groups is 1. The van der Waals surface area contributed by atoms with Gasteiger partial charge in [-0.2, -0.15) is 0 Å². The highest BCUT2D eigenvalue weighted by Gasteiger charge is 2.10. The number of imidazole rings is 1. The van der Waals surface area contributed by atoms with Crippen LogP contribution >= 0.6 is 15.9 Å². The van der Waals surface area contributed by atoms with Gasteiger partial charge in [0.15, 0.2) is 0 Å². The highest BCUT2D eigenvalue weighted by atomic mass is 79.9. The monoisotopic (exact) mass is 306 g/mol. The lowest BCUT2D eigenvalue weighted by molar-refractivity contribution is 0.476. The summed E-state index contributed by atoms with van der Waals surface area (Å²) in [6.07, 6.45) is 0. The Morgan fingerprint density at radius 1 is 1.17 bits per heavy atom. The van der Waals surface area contributed by atoms with E-state index in [0.717, 1.165) is 4.47 Å². The Morgan fingerprint density at radius 2 is 2.00 bits per heavy atom. The highest BCUT2D eigenvalue weighted by molar-refractivity contribution is 9.10. The topological polar surface area (TPSA) is 48.9 Å². The zero-order valence-electron chi connectivity index (χ0n) is 9.11. The van der Waals surface area contributed by atoms with Crippen molar-refractivity contribution in [3.05, 3.63) is 46.7 Å². The van der Waals surface area contributed by atoms with Gasteiger partial charge in [0.2, 0.25) is 0 Å². The molecular weight excluding hydrogens is 299 g/mol. The van der Waals surface area contributed by atoms with Crippen molar-refractivity contribution in [2.24, 2.45) is 0 Å². The van der Waals surface area contributed by atoms with Crippen LogP contribution < -0.4 is 0 Å². The third kappa shape index (κ3) is 1.86. The number of hydrogen-bond donors (Lipinski definition) is 2. The molecule has 1 aromatic heterocycles. The molecule has 0 aliphatic carbocycles. The number of aromatic nitrogens is 2. The van der Waals surface area contributed by atoms with E-state index < -0.39 is 0 Å². The molecule has 0 radical (unpaired) electrons. The summed E-state index contributed by atoms with van der Waals surface area (Å²) in [5.74, 6) is 0.239.